The SMILES string of the molecule is COC1(OC)[C@@]2(Cl)C[C@H](CC(OC(C)=O)C(C)(C)C)[C@]1(Cl)C(=O)C2=O. The number of carbonyl (C=O) groups excluding carboxylic acids is 3. The number of hydrogen-bond acceptors (Lipinski definition) is 6. The highest BCUT2D eigenvalue weighted by Gasteiger charge is 2.86. The zero-order chi connectivity index (χ0) is 19.4. The fraction of sp³-hybridized carbons (Fsp3) is 0.824. The quantitative estimate of drug-likeness (QED) is 0.308. The molecule has 0 aromatic carbocycles. The molecule has 1 unspecified atom stereocenters. The second kappa shape index (κ2) is 6.19. The van der Waals surface area contributed by atoms with E-state index in [0.29, 0.717) is 0 Å². The maximum atomic E-state index is 12.7. The highest BCUT2D eigenvalue weighted by Crippen LogP contribution is 2.66. The Morgan fingerprint density at radius 1 is 1.20 bits per heavy atom. The number of carbonyl (C=O) groups is 3. The molecule has 2 aliphatic carbocycles. The van der Waals surface area contributed by atoms with Crippen LogP contribution in [0.4, 0.5) is 0 Å². The Morgan fingerprint density at radius 2 is 1.72 bits per heavy atom. The molecule has 2 bridgehead atoms. The largest absolute Gasteiger partial charge is 0.462 e. The van der Waals surface area contributed by atoms with Gasteiger partial charge in [0.1, 0.15) is 6.10 Å². The predicted molar refractivity (Wildman–Crippen MR) is 91.7 cm³/mol. The first kappa shape index (κ1) is 20.6. The van der Waals surface area contributed by atoms with Gasteiger partial charge in [0.2, 0.25) is 17.4 Å². The lowest BCUT2D eigenvalue weighted by molar-refractivity contribution is -0.221. The first-order valence-corrected chi connectivity index (χ1v) is 8.82. The molecule has 0 aliphatic heterocycles. The van der Waals surface area contributed by atoms with Gasteiger partial charge in [-0.15, -0.1) is 23.2 Å². The third-order valence-corrected chi connectivity index (χ3v) is 6.64. The fourth-order valence-electron chi connectivity index (χ4n) is 4.08. The lowest BCUT2D eigenvalue weighted by atomic mass is 9.76. The third kappa shape index (κ3) is 2.56. The molecule has 0 aromatic rings. The Kier molecular flexibility index (Phi) is 5.10. The number of esters is 1. The van der Waals surface area contributed by atoms with Crippen LogP contribution in [0, 0.1) is 11.3 Å². The number of methoxy groups -OCH3 is 2. The van der Waals surface area contributed by atoms with Crippen molar-refractivity contribution in [1.82, 2.24) is 0 Å². The maximum Gasteiger partial charge on any atom is 0.302 e. The van der Waals surface area contributed by atoms with Gasteiger partial charge in [-0.05, 0) is 24.2 Å². The molecule has 0 N–H and O–H groups in total. The molecular weight excluding hydrogens is 371 g/mol. The van der Waals surface area contributed by atoms with Crippen LogP contribution >= 0.6 is 23.2 Å². The Morgan fingerprint density at radius 3 is 2.08 bits per heavy atom. The second-order valence-corrected chi connectivity index (χ2v) is 9.04. The molecule has 6 nitrogen and oxygen atoms in total. The van der Waals surface area contributed by atoms with E-state index in [9.17, 15) is 14.4 Å². The highest BCUT2D eigenvalue weighted by atomic mass is 35.5. The summed E-state index contributed by atoms with van der Waals surface area (Å²) in [5.41, 5.74) is -0.393. The van der Waals surface area contributed by atoms with Crippen molar-refractivity contribution in [1.29, 1.82) is 0 Å². The predicted octanol–water partition coefficient (Wildman–Crippen LogP) is 2.47. The van der Waals surface area contributed by atoms with Crippen molar-refractivity contribution in [3.05, 3.63) is 0 Å². The highest BCUT2D eigenvalue weighted by molar-refractivity contribution is 6.65. The Bertz CT molecular complexity index is 609. The fourth-order valence-corrected chi connectivity index (χ4v) is 5.27. The molecule has 4 atom stereocenters. The first-order chi connectivity index (χ1) is 11.3. The molecule has 0 spiro atoms. The zero-order valence-corrected chi connectivity index (χ0v) is 16.8. The molecule has 0 amide bonds. The van der Waals surface area contributed by atoms with Crippen LogP contribution in [0.5, 0.6) is 0 Å². The van der Waals surface area contributed by atoms with E-state index < -0.39 is 50.5 Å². The van der Waals surface area contributed by atoms with Gasteiger partial charge in [-0.3, -0.25) is 14.4 Å². The van der Waals surface area contributed by atoms with Gasteiger partial charge >= 0.3 is 5.97 Å². The lowest BCUT2D eigenvalue weighted by Crippen LogP contribution is -2.57. The second-order valence-electron chi connectivity index (χ2n) is 7.80. The van der Waals surface area contributed by atoms with Crippen LogP contribution in [0.2, 0.25) is 0 Å². The summed E-state index contributed by atoms with van der Waals surface area (Å²) in [5.74, 6) is -4.37. The van der Waals surface area contributed by atoms with Crippen molar-refractivity contribution >= 4 is 40.7 Å². The van der Waals surface area contributed by atoms with Gasteiger partial charge in [-0.25, -0.2) is 0 Å². The molecule has 25 heavy (non-hydrogen) atoms. The number of halogens is 2. The minimum absolute atomic E-state index is 0.0954. The van der Waals surface area contributed by atoms with Crippen LogP contribution in [0.1, 0.15) is 40.5 Å². The summed E-state index contributed by atoms with van der Waals surface area (Å²) >= 11 is 13.2. The van der Waals surface area contributed by atoms with E-state index >= 15 is 0 Å². The molecule has 8 heteroatoms. The van der Waals surface area contributed by atoms with Crippen molar-refractivity contribution in [2.24, 2.45) is 11.3 Å². The van der Waals surface area contributed by atoms with E-state index in [1.807, 2.05) is 20.8 Å². The zero-order valence-electron chi connectivity index (χ0n) is 15.3. The molecule has 2 aliphatic rings. The van der Waals surface area contributed by atoms with Crippen LogP contribution in [-0.4, -0.2) is 53.4 Å². The summed E-state index contributed by atoms with van der Waals surface area (Å²) in [6.45, 7) is 7.07. The molecule has 2 fully saturated rings. The van der Waals surface area contributed by atoms with E-state index in [-0.39, 0.29) is 12.8 Å². The number of hydrogen-bond donors (Lipinski definition) is 0. The van der Waals surface area contributed by atoms with Crippen molar-refractivity contribution in [2.75, 3.05) is 14.2 Å². The number of alkyl halides is 2. The average molecular weight is 395 g/mol. The van der Waals surface area contributed by atoms with Gasteiger partial charge < -0.3 is 14.2 Å². The molecule has 0 saturated heterocycles. The number of rotatable bonds is 5. The van der Waals surface area contributed by atoms with Crippen molar-refractivity contribution in [2.45, 2.75) is 62.2 Å². The monoisotopic (exact) mass is 394 g/mol. The maximum absolute atomic E-state index is 12.7. The van der Waals surface area contributed by atoms with Gasteiger partial charge in [-0.1, -0.05) is 20.8 Å². The van der Waals surface area contributed by atoms with E-state index in [1.54, 1.807) is 0 Å². The minimum Gasteiger partial charge on any atom is -0.462 e. The molecule has 0 heterocycles. The Balaban J connectivity index is 2.47. The van der Waals surface area contributed by atoms with Gasteiger partial charge in [-0.2, -0.15) is 0 Å². The molecule has 2 rings (SSSR count). The van der Waals surface area contributed by atoms with Gasteiger partial charge in [0.25, 0.3) is 0 Å². The molecule has 0 aromatic heterocycles. The summed E-state index contributed by atoms with van der Waals surface area (Å²) < 4.78 is 16.3. The molecule has 2 saturated carbocycles. The van der Waals surface area contributed by atoms with Crippen LogP contribution in [0.25, 0.3) is 0 Å². The summed E-state index contributed by atoms with van der Waals surface area (Å²) in [7, 11) is 2.61. The summed E-state index contributed by atoms with van der Waals surface area (Å²) in [5, 5.41) is 0. The van der Waals surface area contributed by atoms with Crippen LogP contribution in [0.15, 0.2) is 0 Å². The Hall–Kier alpha value is -0.690. The van der Waals surface area contributed by atoms with Crippen LogP contribution in [0.3, 0.4) is 0 Å². The van der Waals surface area contributed by atoms with Crippen molar-refractivity contribution in [3.63, 3.8) is 0 Å². The normalized spacial score (nSPS) is 35.1. The van der Waals surface area contributed by atoms with Crippen LogP contribution < -0.4 is 0 Å². The van der Waals surface area contributed by atoms with Gasteiger partial charge in [0, 0.05) is 21.1 Å². The average Bonchev–Trinajstić information content (AvgIpc) is 2.76. The standard InChI is InChI=1S/C17H24Cl2O6/c1-9(20)25-11(14(2,3)4)7-10-8-15(18)12(21)13(22)16(10,19)17(15,23-5)24-6/h10-11H,7-8H2,1-6H3/t10-,11?,15+,16-/m0/s1. The van der Waals surface area contributed by atoms with E-state index in [1.165, 1.54) is 21.1 Å². The van der Waals surface area contributed by atoms with Gasteiger partial charge in [0.05, 0.1) is 0 Å². The minimum atomic E-state index is -1.76. The third-order valence-electron chi connectivity index (χ3n) is 5.34. The molecule has 0 radical (unpaired) electrons. The first-order valence-electron chi connectivity index (χ1n) is 8.06. The lowest BCUT2D eigenvalue weighted by Gasteiger charge is -2.39. The number of ether oxygens (including phenoxy) is 3. The van der Waals surface area contributed by atoms with Crippen molar-refractivity contribution < 1.29 is 28.6 Å². The van der Waals surface area contributed by atoms with E-state index in [2.05, 4.69) is 0 Å². The molecule has 142 valence electrons. The topological polar surface area (TPSA) is 78.9 Å². The van der Waals surface area contributed by atoms with E-state index in [0.717, 1.165) is 0 Å². The summed E-state index contributed by atoms with van der Waals surface area (Å²) in [6, 6.07) is 0. The number of fused-ring (bicyclic) bond motifs is 2. The summed E-state index contributed by atoms with van der Waals surface area (Å²) in [6.07, 6.45) is -0.160. The van der Waals surface area contributed by atoms with Crippen LogP contribution in [-0.2, 0) is 28.6 Å². The van der Waals surface area contributed by atoms with Crippen molar-refractivity contribution in [3.8, 4) is 0 Å². The number of Topliss-reactive ketones (excluding diaryl/α,β-unsaturated/α-hetero) is 2. The Labute approximate surface area is 157 Å². The summed E-state index contributed by atoms with van der Waals surface area (Å²) in [4.78, 5) is 33.1. The van der Waals surface area contributed by atoms with E-state index in [4.69, 9.17) is 37.4 Å². The number of ketones is 2. The molecular formula is C17H24Cl2O6. The smallest absolute Gasteiger partial charge is 0.302 e. The van der Waals surface area contributed by atoms with Gasteiger partial charge in [0.15, 0.2) is 9.75 Å².